The number of sulfonamides is 1. The monoisotopic (exact) mass is 457 g/mol. The van der Waals surface area contributed by atoms with Crippen LogP contribution in [0.15, 0.2) is 58.2 Å². The number of anilines is 1. The fraction of sp³-hybridized carbons (Fsp3) is 0.273. The van der Waals surface area contributed by atoms with Crippen molar-refractivity contribution in [1.82, 2.24) is 9.29 Å². The highest BCUT2D eigenvalue weighted by Gasteiger charge is 2.27. The average Bonchev–Trinajstić information content (AvgIpc) is 2.79. The molecular formula is C22H23N3O6S. The van der Waals surface area contributed by atoms with Crippen LogP contribution in [0.25, 0.3) is 10.9 Å². The maximum atomic E-state index is 13.1. The number of methoxy groups -OCH3 is 1. The molecule has 32 heavy (non-hydrogen) atoms. The second-order valence-corrected chi connectivity index (χ2v) is 9.30. The number of fused-ring (bicyclic) bond motifs is 1. The molecule has 1 fully saturated rings. The first kappa shape index (κ1) is 22.2. The van der Waals surface area contributed by atoms with E-state index < -0.39 is 21.5 Å². The van der Waals surface area contributed by atoms with E-state index in [0.717, 1.165) is 5.56 Å². The Morgan fingerprint density at radius 2 is 1.94 bits per heavy atom. The molecule has 1 aromatic heterocycles. The Labute approximate surface area is 185 Å². The number of H-pyrrole nitrogens is 1. The van der Waals surface area contributed by atoms with Crippen molar-refractivity contribution in [3.63, 3.8) is 0 Å². The maximum absolute atomic E-state index is 13.1. The van der Waals surface area contributed by atoms with Crippen molar-refractivity contribution in [3.8, 4) is 0 Å². The number of amides is 1. The van der Waals surface area contributed by atoms with Crippen molar-refractivity contribution in [2.45, 2.75) is 11.5 Å². The lowest BCUT2D eigenvalue weighted by atomic mass is 10.1. The molecule has 0 spiro atoms. The highest BCUT2D eigenvalue weighted by molar-refractivity contribution is 7.89. The highest BCUT2D eigenvalue weighted by Crippen LogP contribution is 2.24. The summed E-state index contributed by atoms with van der Waals surface area (Å²) in [5.41, 5.74) is 1.41. The van der Waals surface area contributed by atoms with Gasteiger partial charge in [-0.15, -0.1) is 0 Å². The summed E-state index contributed by atoms with van der Waals surface area (Å²) in [6.07, 6.45) is 0. The number of carbonyl (C=O) groups excluding carboxylic acids is 1. The van der Waals surface area contributed by atoms with Crippen molar-refractivity contribution in [2.75, 3.05) is 38.7 Å². The van der Waals surface area contributed by atoms with Gasteiger partial charge in [0.05, 0.1) is 30.3 Å². The fourth-order valence-electron chi connectivity index (χ4n) is 3.62. The topological polar surface area (TPSA) is 118 Å². The molecule has 9 nitrogen and oxygen atoms in total. The highest BCUT2D eigenvalue weighted by atomic mass is 32.2. The Morgan fingerprint density at radius 1 is 1.16 bits per heavy atom. The summed E-state index contributed by atoms with van der Waals surface area (Å²) < 4.78 is 37.8. The van der Waals surface area contributed by atoms with E-state index in [1.807, 2.05) is 6.07 Å². The number of carbonyl (C=O) groups is 1. The average molecular weight is 458 g/mol. The van der Waals surface area contributed by atoms with E-state index in [4.69, 9.17) is 9.47 Å². The summed E-state index contributed by atoms with van der Waals surface area (Å²) in [5, 5.41) is 3.11. The molecule has 0 aliphatic carbocycles. The number of ether oxygens (including phenoxy) is 2. The Hall–Kier alpha value is -3.05. The third-order valence-corrected chi connectivity index (χ3v) is 7.06. The third kappa shape index (κ3) is 4.58. The van der Waals surface area contributed by atoms with Gasteiger partial charge in [0.1, 0.15) is 0 Å². The molecule has 10 heteroatoms. The smallest absolute Gasteiger partial charge is 0.256 e. The van der Waals surface area contributed by atoms with Crippen LogP contribution in [0.2, 0.25) is 0 Å². The molecule has 1 saturated heterocycles. The van der Waals surface area contributed by atoms with Gasteiger partial charge in [-0.1, -0.05) is 12.1 Å². The molecule has 0 saturated carbocycles. The number of hydrogen-bond donors (Lipinski definition) is 2. The number of benzene rings is 2. The Balaban J connectivity index is 1.72. The minimum Gasteiger partial charge on any atom is -0.380 e. The molecule has 0 unspecified atom stereocenters. The van der Waals surface area contributed by atoms with Crippen molar-refractivity contribution in [2.24, 2.45) is 0 Å². The lowest BCUT2D eigenvalue weighted by Crippen LogP contribution is -2.40. The molecule has 1 aliphatic rings. The number of nitrogens with zero attached hydrogens (tertiary/aromatic N) is 1. The van der Waals surface area contributed by atoms with Crippen LogP contribution >= 0.6 is 0 Å². The van der Waals surface area contributed by atoms with E-state index in [1.54, 1.807) is 25.3 Å². The molecule has 0 bridgehead atoms. The van der Waals surface area contributed by atoms with E-state index in [0.29, 0.717) is 36.4 Å². The van der Waals surface area contributed by atoms with Crippen LogP contribution in [0.1, 0.15) is 15.9 Å². The predicted octanol–water partition coefficient (Wildman–Crippen LogP) is 1.95. The van der Waals surface area contributed by atoms with E-state index in [2.05, 4.69) is 10.3 Å². The molecule has 4 rings (SSSR count). The Bertz CT molecular complexity index is 1310. The largest absolute Gasteiger partial charge is 0.380 e. The number of aromatic nitrogens is 1. The normalized spacial score (nSPS) is 15.0. The lowest BCUT2D eigenvalue weighted by molar-refractivity contribution is 0.0730. The molecule has 168 valence electrons. The summed E-state index contributed by atoms with van der Waals surface area (Å²) in [5.74, 6) is -0.517. The predicted molar refractivity (Wildman–Crippen MR) is 119 cm³/mol. The zero-order valence-electron chi connectivity index (χ0n) is 17.5. The SMILES string of the molecule is COCc1cccc(NC(=O)c2cc(=O)[nH]c3ccc(S(=O)(=O)N4CCOCC4)cc23)c1. The van der Waals surface area contributed by atoms with Gasteiger partial charge in [-0.3, -0.25) is 9.59 Å². The Kier molecular flexibility index (Phi) is 6.38. The van der Waals surface area contributed by atoms with Crippen LogP contribution in [0.5, 0.6) is 0 Å². The van der Waals surface area contributed by atoms with Gasteiger partial charge in [0, 0.05) is 42.9 Å². The number of hydrogen-bond acceptors (Lipinski definition) is 6. The first-order chi connectivity index (χ1) is 15.4. The fourth-order valence-corrected chi connectivity index (χ4v) is 5.06. The minimum absolute atomic E-state index is 0.0510. The van der Waals surface area contributed by atoms with Crippen molar-refractivity contribution < 1.29 is 22.7 Å². The summed E-state index contributed by atoms with van der Waals surface area (Å²) in [6, 6.07) is 12.7. The number of pyridine rings is 1. The third-order valence-electron chi connectivity index (χ3n) is 5.16. The van der Waals surface area contributed by atoms with Crippen molar-refractivity contribution in [1.29, 1.82) is 0 Å². The van der Waals surface area contributed by atoms with Gasteiger partial charge in [-0.25, -0.2) is 8.42 Å². The molecular weight excluding hydrogens is 434 g/mol. The summed E-state index contributed by atoms with van der Waals surface area (Å²) >= 11 is 0. The van der Waals surface area contributed by atoms with Crippen LogP contribution < -0.4 is 10.9 Å². The van der Waals surface area contributed by atoms with Crippen LogP contribution in [-0.2, 0) is 26.1 Å². The zero-order chi connectivity index (χ0) is 22.7. The summed E-state index contributed by atoms with van der Waals surface area (Å²) in [6.45, 7) is 1.57. The van der Waals surface area contributed by atoms with E-state index >= 15 is 0 Å². The molecule has 2 N–H and O–H groups in total. The van der Waals surface area contributed by atoms with Gasteiger partial charge in [0.15, 0.2) is 0 Å². The number of aromatic amines is 1. The Morgan fingerprint density at radius 3 is 2.69 bits per heavy atom. The zero-order valence-corrected chi connectivity index (χ0v) is 18.3. The number of morpholine rings is 1. The van der Waals surface area contributed by atoms with Gasteiger partial charge in [0.2, 0.25) is 15.6 Å². The quantitative estimate of drug-likeness (QED) is 0.584. The summed E-state index contributed by atoms with van der Waals surface area (Å²) in [7, 11) is -2.18. The first-order valence-corrected chi connectivity index (χ1v) is 11.5. The molecule has 1 amide bonds. The van der Waals surface area contributed by atoms with E-state index in [9.17, 15) is 18.0 Å². The maximum Gasteiger partial charge on any atom is 0.256 e. The van der Waals surface area contributed by atoms with E-state index in [1.165, 1.54) is 28.6 Å². The number of nitrogens with one attached hydrogen (secondary N) is 2. The molecule has 2 heterocycles. The molecule has 0 atom stereocenters. The van der Waals surface area contributed by atoms with Crippen molar-refractivity contribution >= 4 is 32.5 Å². The second kappa shape index (κ2) is 9.21. The molecule has 3 aromatic rings. The lowest BCUT2D eigenvalue weighted by Gasteiger charge is -2.26. The van der Waals surface area contributed by atoms with Crippen LogP contribution in [0.3, 0.4) is 0 Å². The number of rotatable bonds is 6. The minimum atomic E-state index is -3.76. The first-order valence-electron chi connectivity index (χ1n) is 10.0. The summed E-state index contributed by atoms with van der Waals surface area (Å²) in [4.78, 5) is 27.9. The molecule has 0 radical (unpaired) electrons. The molecule has 2 aromatic carbocycles. The van der Waals surface area contributed by atoms with Gasteiger partial charge < -0.3 is 19.8 Å². The van der Waals surface area contributed by atoms with Crippen molar-refractivity contribution in [3.05, 3.63) is 70.0 Å². The second-order valence-electron chi connectivity index (χ2n) is 7.36. The van der Waals surface area contributed by atoms with Gasteiger partial charge >= 0.3 is 0 Å². The van der Waals surface area contributed by atoms with Gasteiger partial charge in [-0.2, -0.15) is 4.31 Å². The van der Waals surface area contributed by atoms with Crippen LogP contribution in [-0.4, -0.2) is 57.0 Å². The van der Waals surface area contributed by atoms with E-state index in [-0.39, 0.29) is 23.5 Å². The van der Waals surface area contributed by atoms with Crippen LogP contribution in [0.4, 0.5) is 5.69 Å². The van der Waals surface area contributed by atoms with Crippen LogP contribution in [0, 0.1) is 0 Å². The van der Waals surface area contributed by atoms with Gasteiger partial charge in [0.25, 0.3) is 5.91 Å². The van der Waals surface area contributed by atoms with Gasteiger partial charge in [-0.05, 0) is 35.9 Å². The molecule has 1 aliphatic heterocycles. The standard InChI is InChI=1S/C22H23N3O6S/c1-30-14-15-3-2-4-16(11-15)23-22(27)19-13-21(26)24-20-6-5-17(12-18(19)20)32(28,29)25-7-9-31-10-8-25/h2-6,11-13H,7-10,14H2,1H3,(H,23,27)(H,24,26).